The molecule has 0 saturated carbocycles. The van der Waals surface area contributed by atoms with Crippen molar-refractivity contribution in [2.75, 3.05) is 24.6 Å². The first kappa shape index (κ1) is 21.9. The largest absolute Gasteiger partial charge is 0.376 e. The molecule has 180 valence electrons. The Morgan fingerprint density at radius 3 is 2.66 bits per heavy atom. The number of aromatic nitrogens is 5. The normalized spacial score (nSPS) is 21.7. The van der Waals surface area contributed by atoms with Gasteiger partial charge in [-0.15, -0.1) is 0 Å². The Hall–Kier alpha value is -3.62. The van der Waals surface area contributed by atoms with Crippen molar-refractivity contribution in [3.05, 3.63) is 53.2 Å². The molecule has 2 aliphatic rings. The van der Waals surface area contributed by atoms with E-state index in [1.54, 1.807) is 6.20 Å². The van der Waals surface area contributed by atoms with E-state index in [0.717, 1.165) is 37.9 Å². The maximum Gasteiger partial charge on any atom is 0.213 e. The fourth-order valence-electron chi connectivity index (χ4n) is 5.11. The van der Waals surface area contributed by atoms with E-state index in [1.807, 2.05) is 17.5 Å². The number of piperidine rings is 1. The highest BCUT2D eigenvalue weighted by molar-refractivity contribution is 5.94. The van der Waals surface area contributed by atoms with E-state index in [2.05, 4.69) is 31.9 Å². The van der Waals surface area contributed by atoms with Crippen molar-refractivity contribution >= 4 is 22.6 Å². The van der Waals surface area contributed by atoms with Crippen LogP contribution >= 0.6 is 0 Å². The lowest BCUT2D eigenvalue weighted by atomic mass is 9.73. The van der Waals surface area contributed by atoms with Gasteiger partial charge in [-0.2, -0.15) is 10.1 Å². The van der Waals surface area contributed by atoms with Gasteiger partial charge in [-0.25, -0.2) is 18.2 Å². The standard InChI is InChI=1S/C24H22F3N7O/c1-13-20(28)24(12-35-13)4-7-33(8-5-24)23-30-21-19(22-29-6-9-34(22)23)18(31-32-21)3-2-14-10-16(26)17(27)11-15(14)25/h6,9-11,13,20H,4-5,7-8,12,28H2,1H3,(H,31,32)/t13-,20+/m0/s1. The van der Waals surface area contributed by atoms with Crippen LogP contribution in [0.5, 0.6) is 0 Å². The number of H-pyrrole nitrogens is 1. The SMILES string of the molecule is C[C@@H]1OCC2(CCN(c3nc4[nH]nc(C#Cc5cc(F)c(F)cc5F)c4c4nccn34)CC2)[C@@H]1N. The van der Waals surface area contributed by atoms with Gasteiger partial charge < -0.3 is 15.4 Å². The molecule has 4 aromatic rings. The predicted molar refractivity (Wildman–Crippen MR) is 122 cm³/mol. The first-order valence-corrected chi connectivity index (χ1v) is 11.4. The van der Waals surface area contributed by atoms with Gasteiger partial charge in [-0.05, 0) is 31.8 Å². The van der Waals surface area contributed by atoms with E-state index in [1.165, 1.54) is 0 Å². The Kier molecular flexibility index (Phi) is 4.98. The Bertz CT molecular complexity index is 1510. The minimum atomic E-state index is -1.27. The van der Waals surface area contributed by atoms with Gasteiger partial charge in [-0.3, -0.25) is 9.50 Å². The van der Waals surface area contributed by atoms with Gasteiger partial charge in [0, 0.05) is 43.0 Å². The summed E-state index contributed by atoms with van der Waals surface area (Å²) in [6, 6.07) is 1.21. The molecule has 5 heterocycles. The van der Waals surface area contributed by atoms with Gasteiger partial charge in [0.1, 0.15) is 11.5 Å². The van der Waals surface area contributed by atoms with Crippen LogP contribution in [0.4, 0.5) is 19.1 Å². The zero-order chi connectivity index (χ0) is 24.3. The summed E-state index contributed by atoms with van der Waals surface area (Å²) in [6.45, 7) is 4.24. The molecule has 2 fully saturated rings. The van der Waals surface area contributed by atoms with E-state index in [0.29, 0.717) is 29.4 Å². The summed E-state index contributed by atoms with van der Waals surface area (Å²) in [5.41, 5.74) is 7.51. The maximum atomic E-state index is 14.0. The van der Waals surface area contributed by atoms with Gasteiger partial charge in [0.15, 0.2) is 22.9 Å². The number of nitrogens with zero attached hydrogens (tertiary/aromatic N) is 5. The minimum Gasteiger partial charge on any atom is -0.376 e. The Labute approximate surface area is 198 Å². The average Bonchev–Trinajstić information content (AvgIpc) is 3.56. The van der Waals surface area contributed by atoms with Crippen LogP contribution in [0.15, 0.2) is 24.5 Å². The summed E-state index contributed by atoms with van der Waals surface area (Å²) in [6.07, 6.45) is 5.32. The summed E-state index contributed by atoms with van der Waals surface area (Å²) in [5, 5.41) is 7.64. The zero-order valence-electron chi connectivity index (χ0n) is 18.9. The molecule has 3 N–H and O–H groups in total. The number of imidazole rings is 1. The fourth-order valence-corrected chi connectivity index (χ4v) is 5.11. The number of hydrogen-bond acceptors (Lipinski definition) is 6. The third kappa shape index (κ3) is 3.44. The van der Waals surface area contributed by atoms with Gasteiger partial charge in [0.25, 0.3) is 0 Å². The molecule has 0 radical (unpaired) electrons. The van der Waals surface area contributed by atoms with Gasteiger partial charge in [0.05, 0.1) is 23.7 Å². The Morgan fingerprint density at radius 1 is 1.14 bits per heavy atom. The van der Waals surface area contributed by atoms with Crippen molar-refractivity contribution in [1.29, 1.82) is 0 Å². The molecule has 2 aliphatic heterocycles. The van der Waals surface area contributed by atoms with E-state index in [4.69, 9.17) is 15.5 Å². The highest BCUT2D eigenvalue weighted by atomic mass is 19.2. The van der Waals surface area contributed by atoms with Gasteiger partial charge >= 0.3 is 0 Å². The Morgan fingerprint density at radius 2 is 1.91 bits per heavy atom. The number of hydrogen-bond donors (Lipinski definition) is 2. The smallest absolute Gasteiger partial charge is 0.213 e. The van der Waals surface area contributed by atoms with Gasteiger partial charge in [0.2, 0.25) is 5.95 Å². The lowest BCUT2D eigenvalue weighted by molar-refractivity contribution is 0.0973. The highest BCUT2D eigenvalue weighted by Crippen LogP contribution is 2.42. The second kappa shape index (κ2) is 7.96. The molecule has 0 amide bonds. The quantitative estimate of drug-likeness (QED) is 0.321. The number of benzene rings is 1. The number of aromatic amines is 1. The van der Waals surface area contributed by atoms with Crippen molar-refractivity contribution in [2.24, 2.45) is 11.1 Å². The third-order valence-corrected chi connectivity index (χ3v) is 7.25. The fraction of sp³-hybridized carbons (Fsp3) is 0.375. The highest BCUT2D eigenvalue weighted by Gasteiger charge is 2.47. The lowest BCUT2D eigenvalue weighted by Crippen LogP contribution is -2.51. The number of anilines is 1. The van der Waals surface area contributed by atoms with Crippen molar-refractivity contribution < 1.29 is 17.9 Å². The molecular formula is C24H22F3N7O. The van der Waals surface area contributed by atoms with E-state index < -0.39 is 17.5 Å². The topological polar surface area (TPSA) is 97.4 Å². The van der Waals surface area contributed by atoms with Crippen LogP contribution in [0, 0.1) is 34.7 Å². The van der Waals surface area contributed by atoms with Crippen LogP contribution in [-0.2, 0) is 4.74 Å². The first-order chi connectivity index (χ1) is 16.9. The molecule has 1 spiro atoms. The lowest BCUT2D eigenvalue weighted by Gasteiger charge is -2.41. The average molecular weight is 481 g/mol. The van der Waals surface area contributed by atoms with Crippen LogP contribution < -0.4 is 10.6 Å². The van der Waals surface area contributed by atoms with Crippen LogP contribution in [0.2, 0.25) is 0 Å². The molecule has 3 aromatic heterocycles. The van der Waals surface area contributed by atoms with Gasteiger partial charge in [-0.1, -0.05) is 5.92 Å². The molecule has 6 rings (SSSR count). The number of rotatable bonds is 1. The molecule has 8 nitrogen and oxygen atoms in total. The third-order valence-electron chi connectivity index (χ3n) is 7.25. The summed E-state index contributed by atoms with van der Waals surface area (Å²) in [4.78, 5) is 11.4. The maximum absolute atomic E-state index is 14.0. The van der Waals surface area contributed by atoms with Crippen molar-refractivity contribution in [3.63, 3.8) is 0 Å². The van der Waals surface area contributed by atoms with Crippen LogP contribution in [-0.4, -0.2) is 56.4 Å². The monoisotopic (exact) mass is 481 g/mol. The molecular weight excluding hydrogens is 459 g/mol. The number of nitrogens with one attached hydrogen (secondary N) is 1. The van der Waals surface area contributed by atoms with Crippen molar-refractivity contribution in [3.8, 4) is 11.8 Å². The first-order valence-electron chi connectivity index (χ1n) is 11.4. The summed E-state index contributed by atoms with van der Waals surface area (Å²) >= 11 is 0. The van der Waals surface area contributed by atoms with Crippen LogP contribution in [0.3, 0.4) is 0 Å². The molecule has 2 atom stereocenters. The second-order valence-corrected chi connectivity index (χ2v) is 9.22. The van der Waals surface area contributed by atoms with Crippen LogP contribution in [0.1, 0.15) is 31.0 Å². The van der Waals surface area contributed by atoms with Crippen molar-refractivity contribution in [1.82, 2.24) is 24.6 Å². The predicted octanol–water partition coefficient (Wildman–Crippen LogP) is 2.76. The van der Waals surface area contributed by atoms with E-state index >= 15 is 0 Å². The number of nitrogens with two attached hydrogens (primary N) is 1. The Balaban J connectivity index is 1.35. The molecule has 0 aliphatic carbocycles. The molecule has 0 unspecified atom stereocenters. The second-order valence-electron chi connectivity index (χ2n) is 9.22. The number of halogens is 3. The van der Waals surface area contributed by atoms with E-state index in [-0.39, 0.29) is 28.8 Å². The van der Waals surface area contributed by atoms with Crippen LogP contribution in [0.25, 0.3) is 16.7 Å². The summed E-state index contributed by atoms with van der Waals surface area (Å²) < 4.78 is 48.4. The molecule has 35 heavy (non-hydrogen) atoms. The molecule has 2 saturated heterocycles. The van der Waals surface area contributed by atoms with Crippen molar-refractivity contribution in [2.45, 2.75) is 31.9 Å². The molecule has 11 heteroatoms. The zero-order valence-corrected chi connectivity index (χ0v) is 18.9. The number of fused-ring (bicyclic) bond motifs is 3. The molecule has 0 bridgehead atoms. The molecule has 1 aromatic carbocycles. The number of ether oxygens (including phenoxy) is 1. The minimum absolute atomic E-state index is 0.0140. The van der Waals surface area contributed by atoms with E-state index in [9.17, 15) is 13.2 Å². The summed E-state index contributed by atoms with van der Waals surface area (Å²) in [5.74, 6) is 2.59. The summed E-state index contributed by atoms with van der Waals surface area (Å²) in [7, 11) is 0.